The molecule has 5 nitrogen and oxygen atoms in total. The van der Waals surface area contributed by atoms with Crippen LogP contribution in [-0.2, 0) is 4.79 Å². The van der Waals surface area contributed by atoms with E-state index in [0.29, 0.717) is 18.2 Å². The highest BCUT2D eigenvalue weighted by atomic mass is 32.1. The first-order valence-corrected chi connectivity index (χ1v) is 8.96. The average Bonchev–Trinajstić information content (AvgIpc) is 3.05. The van der Waals surface area contributed by atoms with Crippen LogP contribution >= 0.6 is 12.2 Å². The number of para-hydroxylation sites is 1. The molecule has 1 amide bonds. The number of thiocarbonyl (C=S) groups is 1. The van der Waals surface area contributed by atoms with E-state index in [1.54, 1.807) is 7.11 Å². The molecule has 0 aliphatic carbocycles. The van der Waals surface area contributed by atoms with Crippen molar-refractivity contribution in [2.24, 2.45) is 5.92 Å². The minimum atomic E-state index is -0.135. The third-order valence-electron chi connectivity index (χ3n) is 4.36. The van der Waals surface area contributed by atoms with Crippen LogP contribution in [0, 0.1) is 5.92 Å². The SMILES string of the molecule is CCCNC(=O)C1CN(C(=S)NCC)CC1c1ccccc1OC. The Labute approximate surface area is 149 Å². The van der Waals surface area contributed by atoms with Gasteiger partial charge in [-0.15, -0.1) is 0 Å². The van der Waals surface area contributed by atoms with Gasteiger partial charge in [-0.05, 0) is 37.2 Å². The van der Waals surface area contributed by atoms with Crippen molar-refractivity contribution in [2.45, 2.75) is 26.2 Å². The molecule has 1 aromatic carbocycles. The molecule has 1 fully saturated rings. The number of ether oxygens (including phenoxy) is 1. The smallest absolute Gasteiger partial charge is 0.225 e. The normalized spacial score (nSPS) is 19.9. The molecule has 0 radical (unpaired) electrons. The Kier molecular flexibility index (Phi) is 6.85. The van der Waals surface area contributed by atoms with Gasteiger partial charge in [-0.1, -0.05) is 25.1 Å². The van der Waals surface area contributed by atoms with E-state index in [0.717, 1.165) is 30.8 Å². The molecule has 6 heteroatoms. The topological polar surface area (TPSA) is 53.6 Å². The number of rotatable bonds is 6. The van der Waals surface area contributed by atoms with Crippen LogP contribution in [0.5, 0.6) is 5.75 Å². The summed E-state index contributed by atoms with van der Waals surface area (Å²) < 4.78 is 5.51. The van der Waals surface area contributed by atoms with E-state index in [-0.39, 0.29) is 17.7 Å². The van der Waals surface area contributed by atoms with Crippen LogP contribution in [0.15, 0.2) is 24.3 Å². The van der Waals surface area contributed by atoms with Crippen LogP contribution in [-0.4, -0.2) is 49.2 Å². The van der Waals surface area contributed by atoms with E-state index in [1.807, 2.05) is 31.2 Å². The number of likely N-dealkylation sites (tertiary alicyclic amines) is 1. The number of nitrogens with zero attached hydrogens (tertiary/aromatic N) is 1. The van der Waals surface area contributed by atoms with Gasteiger partial charge in [-0.2, -0.15) is 0 Å². The van der Waals surface area contributed by atoms with Gasteiger partial charge in [0, 0.05) is 32.1 Å². The Morgan fingerprint density at radius 2 is 2.04 bits per heavy atom. The van der Waals surface area contributed by atoms with Crippen LogP contribution in [0.4, 0.5) is 0 Å². The lowest BCUT2D eigenvalue weighted by molar-refractivity contribution is -0.124. The standard InChI is InChI=1S/C18H27N3O2S/c1-4-10-20-17(22)15-12-21(18(24)19-5-2)11-14(15)13-8-6-7-9-16(13)23-3/h6-9,14-15H,4-5,10-12H2,1-3H3,(H,19,24)(H,20,22). The predicted octanol–water partition coefficient (Wildman–Crippen LogP) is 2.13. The van der Waals surface area contributed by atoms with Crippen molar-refractivity contribution >= 4 is 23.2 Å². The lowest BCUT2D eigenvalue weighted by Gasteiger charge is -2.20. The third-order valence-corrected chi connectivity index (χ3v) is 4.76. The fourth-order valence-corrected chi connectivity index (χ4v) is 3.46. The number of amides is 1. The van der Waals surface area contributed by atoms with Crippen LogP contribution in [0.25, 0.3) is 0 Å². The summed E-state index contributed by atoms with van der Waals surface area (Å²) in [7, 11) is 1.67. The van der Waals surface area contributed by atoms with Gasteiger partial charge >= 0.3 is 0 Å². The highest BCUT2D eigenvalue weighted by molar-refractivity contribution is 7.80. The summed E-state index contributed by atoms with van der Waals surface area (Å²) in [6.45, 7) is 6.90. The summed E-state index contributed by atoms with van der Waals surface area (Å²) in [6, 6.07) is 7.93. The van der Waals surface area contributed by atoms with Crippen molar-refractivity contribution in [3.8, 4) is 5.75 Å². The van der Waals surface area contributed by atoms with Gasteiger partial charge in [0.2, 0.25) is 5.91 Å². The van der Waals surface area contributed by atoms with Gasteiger partial charge < -0.3 is 20.3 Å². The van der Waals surface area contributed by atoms with E-state index in [9.17, 15) is 4.79 Å². The number of hydrogen-bond donors (Lipinski definition) is 2. The fourth-order valence-electron chi connectivity index (χ4n) is 3.17. The Morgan fingerprint density at radius 3 is 2.71 bits per heavy atom. The molecule has 0 bridgehead atoms. The van der Waals surface area contributed by atoms with E-state index in [2.05, 4.69) is 22.5 Å². The van der Waals surface area contributed by atoms with Crippen molar-refractivity contribution in [3.05, 3.63) is 29.8 Å². The van der Waals surface area contributed by atoms with Crippen molar-refractivity contribution < 1.29 is 9.53 Å². The van der Waals surface area contributed by atoms with Crippen LogP contribution in [0.2, 0.25) is 0 Å². The van der Waals surface area contributed by atoms with Crippen molar-refractivity contribution in [3.63, 3.8) is 0 Å². The van der Waals surface area contributed by atoms with Crippen molar-refractivity contribution in [1.82, 2.24) is 15.5 Å². The third kappa shape index (κ3) is 4.17. The zero-order valence-corrected chi connectivity index (χ0v) is 15.5. The molecule has 1 saturated heterocycles. The lowest BCUT2D eigenvalue weighted by atomic mass is 9.87. The van der Waals surface area contributed by atoms with Crippen LogP contribution in [0.3, 0.4) is 0 Å². The monoisotopic (exact) mass is 349 g/mol. The lowest BCUT2D eigenvalue weighted by Crippen LogP contribution is -2.39. The van der Waals surface area contributed by atoms with Crippen molar-refractivity contribution in [1.29, 1.82) is 0 Å². The maximum atomic E-state index is 12.7. The maximum absolute atomic E-state index is 12.7. The minimum absolute atomic E-state index is 0.0645. The molecule has 0 aromatic heterocycles. The van der Waals surface area contributed by atoms with Gasteiger partial charge in [0.05, 0.1) is 13.0 Å². The molecular formula is C18H27N3O2S. The molecule has 2 rings (SSSR count). The number of methoxy groups -OCH3 is 1. The first-order valence-electron chi connectivity index (χ1n) is 8.55. The molecule has 1 aliphatic heterocycles. The first kappa shape index (κ1) is 18.5. The number of nitrogens with one attached hydrogen (secondary N) is 2. The quantitative estimate of drug-likeness (QED) is 0.771. The van der Waals surface area contributed by atoms with Gasteiger partial charge in [0.1, 0.15) is 5.75 Å². The summed E-state index contributed by atoms with van der Waals surface area (Å²) >= 11 is 5.46. The summed E-state index contributed by atoms with van der Waals surface area (Å²) in [5.41, 5.74) is 1.07. The van der Waals surface area contributed by atoms with E-state index >= 15 is 0 Å². The van der Waals surface area contributed by atoms with E-state index < -0.39 is 0 Å². The molecule has 0 saturated carbocycles. The second kappa shape index (κ2) is 8.87. The zero-order valence-electron chi connectivity index (χ0n) is 14.7. The summed E-state index contributed by atoms with van der Waals surface area (Å²) in [5.74, 6) is 0.848. The molecule has 1 aromatic rings. The number of carbonyl (C=O) groups excluding carboxylic acids is 1. The summed E-state index contributed by atoms with van der Waals surface area (Å²) in [5, 5.41) is 6.93. The highest BCUT2D eigenvalue weighted by Gasteiger charge is 2.40. The molecule has 2 N–H and O–H groups in total. The molecule has 0 spiro atoms. The molecule has 132 valence electrons. The molecular weight excluding hydrogens is 322 g/mol. The van der Waals surface area contributed by atoms with Gasteiger partial charge in [0.25, 0.3) is 0 Å². The largest absolute Gasteiger partial charge is 0.496 e. The molecule has 2 unspecified atom stereocenters. The Hall–Kier alpha value is -1.82. The predicted molar refractivity (Wildman–Crippen MR) is 100 cm³/mol. The Morgan fingerprint density at radius 1 is 1.29 bits per heavy atom. The summed E-state index contributed by atoms with van der Waals surface area (Å²) in [6.07, 6.45) is 0.928. The zero-order chi connectivity index (χ0) is 17.5. The average molecular weight is 350 g/mol. The van der Waals surface area contributed by atoms with Crippen LogP contribution in [0.1, 0.15) is 31.7 Å². The van der Waals surface area contributed by atoms with Gasteiger partial charge in [-0.25, -0.2) is 0 Å². The number of carbonyl (C=O) groups is 1. The Bertz CT molecular complexity index is 579. The summed E-state index contributed by atoms with van der Waals surface area (Å²) in [4.78, 5) is 14.8. The maximum Gasteiger partial charge on any atom is 0.225 e. The van der Waals surface area contributed by atoms with E-state index in [4.69, 9.17) is 17.0 Å². The fraction of sp³-hybridized carbons (Fsp3) is 0.556. The van der Waals surface area contributed by atoms with E-state index in [1.165, 1.54) is 0 Å². The molecule has 1 aliphatic rings. The van der Waals surface area contributed by atoms with Crippen LogP contribution < -0.4 is 15.4 Å². The van der Waals surface area contributed by atoms with Crippen molar-refractivity contribution in [2.75, 3.05) is 33.3 Å². The first-order chi connectivity index (χ1) is 11.6. The van der Waals surface area contributed by atoms with Gasteiger partial charge in [0.15, 0.2) is 5.11 Å². The second-order valence-corrected chi connectivity index (χ2v) is 6.37. The highest BCUT2D eigenvalue weighted by Crippen LogP contribution is 2.37. The van der Waals surface area contributed by atoms with Gasteiger partial charge in [-0.3, -0.25) is 4.79 Å². The molecule has 24 heavy (non-hydrogen) atoms. The second-order valence-electron chi connectivity index (χ2n) is 5.99. The minimum Gasteiger partial charge on any atom is -0.496 e. The number of benzene rings is 1. The number of hydrogen-bond acceptors (Lipinski definition) is 3. The molecule has 2 atom stereocenters. The Balaban J connectivity index is 2.26. The molecule has 1 heterocycles.